The second kappa shape index (κ2) is 5.72. The summed E-state index contributed by atoms with van der Waals surface area (Å²) in [6.07, 6.45) is 0. The predicted molar refractivity (Wildman–Crippen MR) is 81.0 cm³/mol. The molecular weight excluding hydrogens is 330 g/mol. The van der Waals surface area contributed by atoms with Gasteiger partial charge in [-0.1, -0.05) is 33.6 Å². The van der Waals surface area contributed by atoms with Crippen molar-refractivity contribution in [2.45, 2.75) is 13.0 Å². The lowest BCUT2D eigenvalue weighted by Gasteiger charge is -2.19. The van der Waals surface area contributed by atoms with Crippen LogP contribution in [0.15, 0.2) is 40.9 Å². The number of phenolic OH excluding ortho intramolecular Hbond substituents is 2. The summed E-state index contributed by atoms with van der Waals surface area (Å²) >= 11 is 9.46. The maximum atomic E-state index is 9.81. The standard InChI is InChI=1S/C14H13BrClNO2/c1-8(14-12(18)3-2-4-13(14)19)17-11-6-5-9(15)7-10(11)16/h2-8,17-19H,1H3. The smallest absolute Gasteiger partial charge is 0.124 e. The zero-order chi connectivity index (χ0) is 14.0. The van der Waals surface area contributed by atoms with Crippen LogP contribution in [0.3, 0.4) is 0 Å². The van der Waals surface area contributed by atoms with Gasteiger partial charge in [-0.15, -0.1) is 0 Å². The van der Waals surface area contributed by atoms with E-state index in [1.54, 1.807) is 12.1 Å². The molecule has 5 heteroatoms. The molecule has 2 aromatic rings. The SMILES string of the molecule is CC(Nc1ccc(Br)cc1Cl)c1c(O)cccc1O. The van der Waals surface area contributed by atoms with E-state index in [1.807, 2.05) is 19.1 Å². The minimum absolute atomic E-state index is 0.0493. The number of phenols is 2. The van der Waals surface area contributed by atoms with Gasteiger partial charge in [0.2, 0.25) is 0 Å². The lowest BCUT2D eigenvalue weighted by atomic mass is 10.1. The number of rotatable bonds is 3. The second-order valence-corrected chi connectivity index (χ2v) is 5.52. The number of aromatic hydroxyl groups is 2. The summed E-state index contributed by atoms with van der Waals surface area (Å²) < 4.78 is 0.890. The Morgan fingerprint density at radius 3 is 2.37 bits per heavy atom. The van der Waals surface area contributed by atoms with Crippen molar-refractivity contribution in [2.75, 3.05) is 5.32 Å². The molecule has 3 nitrogen and oxygen atoms in total. The fourth-order valence-electron chi connectivity index (χ4n) is 1.90. The first-order chi connectivity index (χ1) is 8.99. The summed E-state index contributed by atoms with van der Waals surface area (Å²) in [5.74, 6) is 0.0986. The van der Waals surface area contributed by atoms with Gasteiger partial charge < -0.3 is 15.5 Å². The third kappa shape index (κ3) is 3.14. The molecule has 0 amide bonds. The van der Waals surface area contributed by atoms with Crippen molar-refractivity contribution < 1.29 is 10.2 Å². The van der Waals surface area contributed by atoms with Crippen molar-refractivity contribution >= 4 is 33.2 Å². The van der Waals surface area contributed by atoms with Crippen LogP contribution in [-0.2, 0) is 0 Å². The molecule has 0 saturated heterocycles. The van der Waals surface area contributed by atoms with E-state index >= 15 is 0 Å². The Labute approximate surface area is 125 Å². The van der Waals surface area contributed by atoms with Gasteiger partial charge in [-0.05, 0) is 37.3 Å². The van der Waals surface area contributed by atoms with E-state index in [9.17, 15) is 10.2 Å². The van der Waals surface area contributed by atoms with Crippen molar-refractivity contribution in [3.05, 3.63) is 51.5 Å². The summed E-state index contributed by atoms with van der Waals surface area (Å²) in [6, 6.07) is 9.87. The average Bonchev–Trinajstić information content (AvgIpc) is 2.32. The predicted octanol–water partition coefficient (Wildman–Crippen LogP) is 4.69. The molecule has 0 heterocycles. The van der Waals surface area contributed by atoms with E-state index < -0.39 is 0 Å². The largest absolute Gasteiger partial charge is 0.507 e. The van der Waals surface area contributed by atoms with Crippen molar-refractivity contribution in [3.63, 3.8) is 0 Å². The molecule has 0 aliphatic heterocycles. The highest BCUT2D eigenvalue weighted by molar-refractivity contribution is 9.10. The Hall–Kier alpha value is -1.39. The Morgan fingerprint density at radius 2 is 1.79 bits per heavy atom. The van der Waals surface area contributed by atoms with Gasteiger partial charge in [-0.2, -0.15) is 0 Å². The van der Waals surface area contributed by atoms with Crippen molar-refractivity contribution in [1.82, 2.24) is 0 Å². The molecule has 0 aromatic heterocycles. The zero-order valence-corrected chi connectivity index (χ0v) is 12.5. The summed E-state index contributed by atoms with van der Waals surface area (Å²) in [6.45, 7) is 1.84. The molecular formula is C14H13BrClNO2. The van der Waals surface area contributed by atoms with Crippen LogP contribution in [0.25, 0.3) is 0 Å². The highest BCUT2D eigenvalue weighted by atomic mass is 79.9. The van der Waals surface area contributed by atoms with Gasteiger partial charge in [0.15, 0.2) is 0 Å². The van der Waals surface area contributed by atoms with Crippen LogP contribution in [0.1, 0.15) is 18.5 Å². The summed E-state index contributed by atoms with van der Waals surface area (Å²) in [5.41, 5.74) is 1.18. The molecule has 0 aliphatic rings. The molecule has 0 bridgehead atoms. The number of benzene rings is 2. The van der Waals surface area contributed by atoms with Crippen LogP contribution in [0.2, 0.25) is 5.02 Å². The molecule has 100 valence electrons. The average molecular weight is 343 g/mol. The van der Waals surface area contributed by atoms with Crippen LogP contribution in [-0.4, -0.2) is 10.2 Å². The van der Waals surface area contributed by atoms with Crippen LogP contribution >= 0.6 is 27.5 Å². The number of anilines is 1. The minimum Gasteiger partial charge on any atom is -0.507 e. The summed E-state index contributed by atoms with van der Waals surface area (Å²) in [4.78, 5) is 0. The molecule has 1 atom stereocenters. The van der Waals surface area contributed by atoms with Crippen LogP contribution in [0.5, 0.6) is 11.5 Å². The summed E-state index contributed by atoms with van der Waals surface area (Å²) in [5, 5.41) is 23.4. The van der Waals surface area contributed by atoms with Gasteiger partial charge in [0, 0.05) is 4.47 Å². The molecule has 0 radical (unpaired) electrons. The first kappa shape index (κ1) is 14.0. The Balaban J connectivity index is 2.28. The second-order valence-electron chi connectivity index (χ2n) is 4.20. The lowest BCUT2D eigenvalue weighted by molar-refractivity contribution is 0.434. The maximum absolute atomic E-state index is 9.81. The van der Waals surface area contributed by atoms with E-state index in [0.717, 1.165) is 10.2 Å². The molecule has 3 N–H and O–H groups in total. The fourth-order valence-corrected chi connectivity index (χ4v) is 2.62. The van der Waals surface area contributed by atoms with Gasteiger partial charge >= 0.3 is 0 Å². The van der Waals surface area contributed by atoms with Crippen LogP contribution in [0, 0.1) is 0 Å². The molecule has 0 fully saturated rings. The highest BCUT2D eigenvalue weighted by Gasteiger charge is 2.15. The monoisotopic (exact) mass is 341 g/mol. The van der Waals surface area contributed by atoms with Gasteiger partial charge in [-0.25, -0.2) is 0 Å². The quantitative estimate of drug-likeness (QED) is 0.758. The van der Waals surface area contributed by atoms with E-state index in [4.69, 9.17) is 11.6 Å². The Kier molecular flexibility index (Phi) is 4.22. The Bertz CT molecular complexity index is 584. The number of halogens is 2. The van der Waals surface area contributed by atoms with Gasteiger partial charge in [0.05, 0.1) is 22.3 Å². The molecule has 2 rings (SSSR count). The zero-order valence-electron chi connectivity index (χ0n) is 10.2. The third-order valence-electron chi connectivity index (χ3n) is 2.80. The van der Waals surface area contributed by atoms with Crippen LogP contribution in [0.4, 0.5) is 5.69 Å². The fraction of sp³-hybridized carbons (Fsp3) is 0.143. The Morgan fingerprint density at radius 1 is 1.16 bits per heavy atom. The van der Waals surface area contributed by atoms with Crippen molar-refractivity contribution in [3.8, 4) is 11.5 Å². The molecule has 0 saturated carbocycles. The number of hydrogen-bond donors (Lipinski definition) is 3. The summed E-state index contributed by atoms with van der Waals surface area (Å²) in [7, 11) is 0. The molecule has 2 aromatic carbocycles. The topological polar surface area (TPSA) is 52.5 Å². The first-order valence-electron chi connectivity index (χ1n) is 5.71. The van der Waals surface area contributed by atoms with Crippen molar-refractivity contribution in [2.24, 2.45) is 0 Å². The molecule has 0 spiro atoms. The van der Waals surface area contributed by atoms with Gasteiger partial charge in [0.1, 0.15) is 11.5 Å². The maximum Gasteiger partial charge on any atom is 0.124 e. The van der Waals surface area contributed by atoms with E-state index in [2.05, 4.69) is 21.2 Å². The van der Waals surface area contributed by atoms with Gasteiger partial charge in [-0.3, -0.25) is 0 Å². The normalized spacial score (nSPS) is 12.2. The van der Waals surface area contributed by atoms with Gasteiger partial charge in [0.25, 0.3) is 0 Å². The van der Waals surface area contributed by atoms with Crippen molar-refractivity contribution in [1.29, 1.82) is 0 Å². The van der Waals surface area contributed by atoms with Crippen LogP contribution < -0.4 is 5.32 Å². The van der Waals surface area contributed by atoms with E-state index in [0.29, 0.717) is 10.6 Å². The molecule has 1 unspecified atom stereocenters. The number of hydrogen-bond acceptors (Lipinski definition) is 3. The first-order valence-corrected chi connectivity index (χ1v) is 6.88. The highest BCUT2D eigenvalue weighted by Crippen LogP contribution is 2.36. The lowest BCUT2D eigenvalue weighted by Crippen LogP contribution is -2.07. The van der Waals surface area contributed by atoms with E-state index in [1.165, 1.54) is 12.1 Å². The molecule has 19 heavy (non-hydrogen) atoms. The van der Waals surface area contributed by atoms with E-state index in [-0.39, 0.29) is 17.5 Å². The minimum atomic E-state index is -0.278. The third-order valence-corrected chi connectivity index (χ3v) is 3.60. The number of nitrogens with one attached hydrogen (secondary N) is 1. The molecule has 0 aliphatic carbocycles.